The van der Waals surface area contributed by atoms with Crippen LogP contribution in [0.3, 0.4) is 0 Å². The molecule has 32 heavy (non-hydrogen) atoms. The summed E-state index contributed by atoms with van der Waals surface area (Å²) in [6, 6.07) is 0. The predicted octanol–water partition coefficient (Wildman–Crippen LogP) is 10.8. The third kappa shape index (κ3) is 29.8. The highest BCUT2D eigenvalue weighted by molar-refractivity contribution is 6.17. The van der Waals surface area contributed by atoms with E-state index in [9.17, 15) is 4.79 Å². The molecule has 0 fully saturated rings. The van der Waals surface area contributed by atoms with E-state index in [1.807, 2.05) is 0 Å². The molecule has 0 heterocycles. The van der Waals surface area contributed by atoms with Gasteiger partial charge in [0.25, 0.3) is 0 Å². The Kier molecular flexibility index (Phi) is 28.6. The molecule has 0 unspecified atom stereocenters. The normalized spacial score (nSPS) is 11.3. The maximum atomic E-state index is 10.4. The Labute approximate surface area is 206 Å². The first-order valence-electron chi connectivity index (χ1n) is 14.5. The highest BCUT2D eigenvalue weighted by Crippen LogP contribution is 2.16. The largest absolute Gasteiger partial charge is 0.481 e. The van der Waals surface area contributed by atoms with E-state index >= 15 is 0 Å². The number of aliphatic carboxylic acids is 1. The van der Waals surface area contributed by atoms with Crippen molar-refractivity contribution >= 4 is 17.6 Å². The topological polar surface area (TPSA) is 37.3 Å². The summed E-state index contributed by atoms with van der Waals surface area (Å²) in [6.07, 6.45) is 35.8. The number of carboxylic acid groups (broad SMARTS) is 1. The summed E-state index contributed by atoms with van der Waals surface area (Å²) in [5.74, 6) is 0.185. The van der Waals surface area contributed by atoms with Gasteiger partial charge >= 0.3 is 5.97 Å². The van der Waals surface area contributed by atoms with Gasteiger partial charge in [-0.3, -0.25) is 4.79 Å². The molecule has 1 N–H and O–H groups in total. The predicted molar refractivity (Wildman–Crippen MR) is 143 cm³/mol. The number of unbranched alkanes of at least 4 members (excludes halogenated alkanes) is 25. The molecule has 0 saturated carbocycles. The van der Waals surface area contributed by atoms with E-state index in [0.717, 1.165) is 18.7 Å². The van der Waals surface area contributed by atoms with E-state index in [0.29, 0.717) is 6.42 Å². The molecule has 0 bridgehead atoms. The monoisotopic (exact) mass is 472 g/mol. The zero-order chi connectivity index (χ0) is 23.4. The molecule has 192 valence electrons. The molecule has 0 radical (unpaired) electrons. The summed E-state index contributed by atoms with van der Waals surface area (Å²) in [4.78, 5) is 10.4. The summed E-state index contributed by atoms with van der Waals surface area (Å²) in [6.45, 7) is 0. The Morgan fingerprint density at radius 1 is 0.375 bits per heavy atom. The van der Waals surface area contributed by atoms with Crippen molar-refractivity contribution in [2.45, 2.75) is 173 Å². The van der Waals surface area contributed by atoms with Crippen LogP contribution >= 0.6 is 11.6 Å². The van der Waals surface area contributed by atoms with Gasteiger partial charge in [-0.05, 0) is 12.8 Å². The Bertz CT molecular complexity index is 359. The Hall–Kier alpha value is -0.240. The summed E-state index contributed by atoms with van der Waals surface area (Å²) >= 11 is 5.70. The Balaban J connectivity index is 3.00. The fourth-order valence-electron chi connectivity index (χ4n) is 4.61. The standard InChI is InChI=1S/C29H57ClO2/c30-28-26-24-22-20-18-16-14-12-10-8-6-4-2-1-3-5-7-9-11-13-15-17-19-21-23-25-27-29(31)32/h1-28H2,(H,31,32). The second kappa shape index (κ2) is 28.8. The lowest BCUT2D eigenvalue weighted by Gasteiger charge is -2.04. The van der Waals surface area contributed by atoms with Crippen LogP contribution in [0.1, 0.15) is 173 Å². The second-order valence-corrected chi connectivity index (χ2v) is 10.4. The second-order valence-electron chi connectivity index (χ2n) is 10.0. The fraction of sp³-hybridized carbons (Fsp3) is 0.966. The molecule has 0 aliphatic heterocycles. The maximum Gasteiger partial charge on any atom is 0.303 e. The lowest BCUT2D eigenvalue weighted by Crippen LogP contribution is -1.93. The minimum Gasteiger partial charge on any atom is -0.481 e. The van der Waals surface area contributed by atoms with Gasteiger partial charge in [-0.2, -0.15) is 0 Å². The number of carboxylic acids is 1. The SMILES string of the molecule is O=C(O)CCCCCCCCCCCCCCCCCCCCCCCCCCCCCl. The van der Waals surface area contributed by atoms with E-state index in [2.05, 4.69) is 0 Å². The first-order chi connectivity index (χ1) is 15.8. The van der Waals surface area contributed by atoms with Crippen molar-refractivity contribution in [1.82, 2.24) is 0 Å². The fourth-order valence-corrected chi connectivity index (χ4v) is 4.80. The molecule has 3 heteroatoms. The van der Waals surface area contributed by atoms with E-state index in [1.165, 1.54) is 154 Å². The minimum absolute atomic E-state index is 0.344. The number of halogens is 1. The minimum atomic E-state index is -0.651. The summed E-state index contributed by atoms with van der Waals surface area (Å²) in [7, 11) is 0. The molecule has 0 amide bonds. The van der Waals surface area contributed by atoms with Crippen LogP contribution in [-0.4, -0.2) is 17.0 Å². The van der Waals surface area contributed by atoms with E-state index < -0.39 is 5.97 Å². The first-order valence-corrected chi connectivity index (χ1v) is 15.1. The summed E-state index contributed by atoms with van der Waals surface area (Å²) < 4.78 is 0. The molecule has 0 rings (SSSR count). The van der Waals surface area contributed by atoms with Crippen LogP contribution in [0.15, 0.2) is 0 Å². The number of alkyl halides is 1. The Morgan fingerprint density at radius 3 is 0.750 bits per heavy atom. The van der Waals surface area contributed by atoms with Crippen LogP contribution in [0.25, 0.3) is 0 Å². The van der Waals surface area contributed by atoms with Crippen LogP contribution in [0.4, 0.5) is 0 Å². The molecule has 0 aromatic heterocycles. The summed E-state index contributed by atoms with van der Waals surface area (Å²) in [5, 5.41) is 8.60. The molecular formula is C29H57ClO2. The average molecular weight is 473 g/mol. The lowest BCUT2D eigenvalue weighted by molar-refractivity contribution is -0.137. The molecule has 0 saturated heterocycles. The third-order valence-corrected chi connectivity index (χ3v) is 7.04. The zero-order valence-electron chi connectivity index (χ0n) is 21.5. The van der Waals surface area contributed by atoms with Gasteiger partial charge in [0, 0.05) is 12.3 Å². The smallest absolute Gasteiger partial charge is 0.303 e. The lowest BCUT2D eigenvalue weighted by atomic mass is 10.0. The molecule has 0 aliphatic rings. The van der Waals surface area contributed by atoms with Crippen LogP contribution < -0.4 is 0 Å². The van der Waals surface area contributed by atoms with Crippen molar-refractivity contribution in [3.63, 3.8) is 0 Å². The van der Waals surface area contributed by atoms with Gasteiger partial charge in [0.15, 0.2) is 0 Å². The molecule has 0 aliphatic carbocycles. The van der Waals surface area contributed by atoms with Gasteiger partial charge in [0.05, 0.1) is 0 Å². The highest BCUT2D eigenvalue weighted by Gasteiger charge is 1.98. The number of carbonyl (C=O) groups is 1. The van der Waals surface area contributed by atoms with Gasteiger partial charge in [0.2, 0.25) is 0 Å². The van der Waals surface area contributed by atoms with Crippen molar-refractivity contribution in [3.8, 4) is 0 Å². The van der Waals surface area contributed by atoms with Gasteiger partial charge in [-0.25, -0.2) is 0 Å². The van der Waals surface area contributed by atoms with Crippen LogP contribution in [-0.2, 0) is 4.79 Å². The molecular weight excluding hydrogens is 416 g/mol. The maximum absolute atomic E-state index is 10.4. The first kappa shape index (κ1) is 31.8. The van der Waals surface area contributed by atoms with E-state index in [1.54, 1.807) is 0 Å². The van der Waals surface area contributed by atoms with Crippen molar-refractivity contribution in [2.24, 2.45) is 0 Å². The number of rotatable bonds is 28. The Morgan fingerprint density at radius 2 is 0.562 bits per heavy atom. The highest BCUT2D eigenvalue weighted by atomic mass is 35.5. The van der Waals surface area contributed by atoms with Crippen molar-refractivity contribution in [3.05, 3.63) is 0 Å². The van der Waals surface area contributed by atoms with Gasteiger partial charge in [-0.15, -0.1) is 11.6 Å². The average Bonchev–Trinajstić information content (AvgIpc) is 2.78. The number of hydrogen-bond acceptors (Lipinski definition) is 1. The van der Waals surface area contributed by atoms with Gasteiger partial charge in [0.1, 0.15) is 0 Å². The molecule has 0 aromatic rings. The quantitative estimate of drug-likeness (QED) is 0.0907. The van der Waals surface area contributed by atoms with Gasteiger partial charge in [-0.1, -0.05) is 154 Å². The van der Waals surface area contributed by atoms with E-state index in [4.69, 9.17) is 16.7 Å². The molecule has 0 spiro atoms. The zero-order valence-corrected chi connectivity index (χ0v) is 22.3. The molecule has 2 nitrogen and oxygen atoms in total. The van der Waals surface area contributed by atoms with Crippen molar-refractivity contribution in [1.29, 1.82) is 0 Å². The van der Waals surface area contributed by atoms with Crippen molar-refractivity contribution in [2.75, 3.05) is 5.88 Å². The summed E-state index contributed by atoms with van der Waals surface area (Å²) in [5.41, 5.74) is 0. The molecule has 0 atom stereocenters. The van der Waals surface area contributed by atoms with Crippen LogP contribution in [0.2, 0.25) is 0 Å². The molecule has 0 aromatic carbocycles. The van der Waals surface area contributed by atoms with Crippen LogP contribution in [0, 0.1) is 0 Å². The van der Waals surface area contributed by atoms with E-state index in [-0.39, 0.29) is 0 Å². The van der Waals surface area contributed by atoms with Gasteiger partial charge < -0.3 is 5.11 Å². The van der Waals surface area contributed by atoms with Crippen molar-refractivity contribution < 1.29 is 9.90 Å². The third-order valence-electron chi connectivity index (χ3n) is 6.77. The van der Waals surface area contributed by atoms with Crippen LogP contribution in [0.5, 0.6) is 0 Å². The number of hydrogen-bond donors (Lipinski definition) is 1.